The Labute approximate surface area is 99.1 Å². The van der Waals surface area contributed by atoms with Gasteiger partial charge in [0.25, 0.3) is 0 Å². The molecule has 1 aromatic heterocycles. The van der Waals surface area contributed by atoms with Crippen LogP contribution in [-0.4, -0.2) is 15.1 Å². The summed E-state index contributed by atoms with van der Waals surface area (Å²) in [4.78, 5) is 7.23. The van der Waals surface area contributed by atoms with E-state index in [0.717, 1.165) is 11.4 Å². The Morgan fingerprint density at radius 2 is 2.00 bits per heavy atom. The number of H-pyrrole nitrogens is 1. The summed E-state index contributed by atoms with van der Waals surface area (Å²) < 4.78 is 0. The van der Waals surface area contributed by atoms with Crippen LogP contribution >= 0.6 is 11.6 Å². The van der Waals surface area contributed by atoms with Gasteiger partial charge in [-0.3, -0.25) is 0 Å². The van der Waals surface area contributed by atoms with Crippen molar-refractivity contribution in [2.45, 2.75) is 19.8 Å². The van der Waals surface area contributed by atoms with Crippen LogP contribution in [0.5, 0.6) is 5.75 Å². The number of hydrogen-bond acceptors (Lipinski definition) is 2. The van der Waals surface area contributed by atoms with Crippen LogP contribution in [0, 0.1) is 0 Å². The number of phenolic OH excluding ortho intramolecular Hbond substituents is 1. The number of para-hydroxylation sites is 1. The highest BCUT2D eigenvalue weighted by molar-refractivity contribution is 6.28. The lowest BCUT2D eigenvalue weighted by molar-refractivity contribution is 0.477. The van der Waals surface area contributed by atoms with Crippen LogP contribution in [0.4, 0.5) is 0 Å². The maximum absolute atomic E-state index is 9.78. The second kappa shape index (κ2) is 4.18. The second-order valence-electron chi connectivity index (χ2n) is 3.96. The molecule has 0 spiro atoms. The predicted octanol–water partition coefficient (Wildman–Crippen LogP) is 3.56. The number of aromatic nitrogens is 2. The molecule has 0 unspecified atom stereocenters. The first kappa shape index (κ1) is 11.0. The number of imidazole rings is 1. The molecule has 1 heterocycles. The molecule has 2 rings (SSSR count). The number of aromatic amines is 1. The van der Waals surface area contributed by atoms with Gasteiger partial charge in [0, 0.05) is 11.3 Å². The van der Waals surface area contributed by atoms with Crippen molar-refractivity contribution < 1.29 is 5.11 Å². The fourth-order valence-corrected chi connectivity index (χ4v) is 1.84. The Kier molecular flexibility index (Phi) is 2.88. The molecule has 0 saturated carbocycles. The van der Waals surface area contributed by atoms with Crippen molar-refractivity contribution in [1.82, 2.24) is 9.97 Å². The number of benzene rings is 1. The van der Waals surface area contributed by atoms with Gasteiger partial charge in [0.2, 0.25) is 5.28 Å². The average Bonchev–Trinajstić information content (AvgIpc) is 2.61. The summed E-state index contributed by atoms with van der Waals surface area (Å²) in [5.41, 5.74) is 2.36. The first-order valence-electron chi connectivity index (χ1n) is 5.13. The Morgan fingerprint density at radius 1 is 1.31 bits per heavy atom. The number of nitrogens with one attached hydrogen (secondary N) is 1. The highest BCUT2D eigenvalue weighted by Crippen LogP contribution is 2.33. The number of hydrogen-bond donors (Lipinski definition) is 2. The first-order valence-corrected chi connectivity index (χ1v) is 5.51. The molecule has 0 atom stereocenters. The third-order valence-electron chi connectivity index (χ3n) is 2.44. The molecule has 0 radical (unpaired) electrons. The van der Waals surface area contributed by atoms with Crippen molar-refractivity contribution in [1.29, 1.82) is 0 Å². The molecule has 2 aromatic rings. The van der Waals surface area contributed by atoms with Gasteiger partial charge < -0.3 is 10.1 Å². The van der Waals surface area contributed by atoms with Gasteiger partial charge in [0.15, 0.2) is 0 Å². The summed E-state index contributed by atoms with van der Waals surface area (Å²) in [6, 6.07) is 7.11. The molecule has 3 nitrogen and oxygen atoms in total. The van der Waals surface area contributed by atoms with Crippen molar-refractivity contribution in [2.75, 3.05) is 0 Å². The number of phenols is 1. The molecular formula is C12H13ClN2O. The number of rotatable bonds is 2. The van der Waals surface area contributed by atoms with Crippen molar-refractivity contribution in [3.8, 4) is 17.0 Å². The zero-order chi connectivity index (χ0) is 11.7. The fraction of sp³-hybridized carbons (Fsp3) is 0.250. The molecule has 16 heavy (non-hydrogen) atoms. The predicted molar refractivity (Wildman–Crippen MR) is 64.8 cm³/mol. The number of aromatic hydroxyl groups is 1. The van der Waals surface area contributed by atoms with E-state index in [-0.39, 0.29) is 11.7 Å². The quantitative estimate of drug-likeness (QED) is 0.838. The molecule has 0 fully saturated rings. The van der Waals surface area contributed by atoms with E-state index in [1.165, 1.54) is 0 Å². The molecule has 0 bridgehead atoms. The van der Waals surface area contributed by atoms with E-state index in [1.54, 1.807) is 12.1 Å². The highest BCUT2D eigenvalue weighted by atomic mass is 35.5. The number of halogens is 1. The minimum Gasteiger partial charge on any atom is -0.507 e. The SMILES string of the molecule is CC(C)c1[nH]c(Cl)nc1-c1ccccc1O. The van der Waals surface area contributed by atoms with Gasteiger partial charge in [0.05, 0.1) is 5.69 Å². The van der Waals surface area contributed by atoms with Crippen LogP contribution in [0.2, 0.25) is 5.28 Å². The molecule has 4 heteroatoms. The van der Waals surface area contributed by atoms with E-state index in [2.05, 4.69) is 9.97 Å². The van der Waals surface area contributed by atoms with E-state index >= 15 is 0 Å². The topological polar surface area (TPSA) is 48.9 Å². The third-order valence-corrected chi connectivity index (χ3v) is 2.62. The minimum atomic E-state index is 0.215. The fourth-order valence-electron chi connectivity index (χ4n) is 1.65. The van der Waals surface area contributed by atoms with Crippen molar-refractivity contribution >= 4 is 11.6 Å². The molecule has 0 aliphatic rings. The standard InChI is InChI=1S/C12H13ClN2O/c1-7(2)10-11(15-12(13)14-10)8-5-3-4-6-9(8)16/h3-7,16H,1-2H3,(H,14,15). The van der Waals surface area contributed by atoms with Gasteiger partial charge >= 0.3 is 0 Å². The van der Waals surface area contributed by atoms with E-state index in [1.807, 2.05) is 26.0 Å². The Hall–Kier alpha value is -1.48. The molecule has 1 aromatic carbocycles. The van der Waals surface area contributed by atoms with Crippen LogP contribution in [0.3, 0.4) is 0 Å². The van der Waals surface area contributed by atoms with E-state index in [4.69, 9.17) is 11.6 Å². The van der Waals surface area contributed by atoms with Gasteiger partial charge in [-0.05, 0) is 29.7 Å². The minimum absolute atomic E-state index is 0.215. The summed E-state index contributed by atoms with van der Waals surface area (Å²) in [5, 5.41) is 10.1. The van der Waals surface area contributed by atoms with E-state index in [0.29, 0.717) is 10.8 Å². The molecule has 0 aliphatic carbocycles. The van der Waals surface area contributed by atoms with Gasteiger partial charge in [-0.2, -0.15) is 0 Å². The Morgan fingerprint density at radius 3 is 2.62 bits per heavy atom. The molecule has 84 valence electrons. The summed E-state index contributed by atoms with van der Waals surface area (Å²) in [5.74, 6) is 0.488. The maximum atomic E-state index is 9.78. The summed E-state index contributed by atoms with van der Waals surface area (Å²) in [6.45, 7) is 4.10. The van der Waals surface area contributed by atoms with Crippen LogP contribution in [0.15, 0.2) is 24.3 Å². The summed E-state index contributed by atoms with van der Waals surface area (Å²) in [7, 11) is 0. The molecular weight excluding hydrogens is 224 g/mol. The Balaban J connectivity index is 2.60. The van der Waals surface area contributed by atoms with Crippen LogP contribution in [0.25, 0.3) is 11.3 Å². The van der Waals surface area contributed by atoms with Gasteiger partial charge in [-0.25, -0.2) is 4.98 Å². The van der Waals surface area contributed by atoms with Crippen molar-refractivity contribution in [3.05, 3.63) is 35.2 Å². The van der Waals surface area contributed by atoms with Gasteiger partial charge in [-0.15, -0.1) is 0 Å². The monoisotopic (exact) mass is 236 g/mol. The maximum Gasteiger partial charge on any atom is 0.200 e. The number of nitrogens with zero attached hydrogens (tertiary/aromatic N) is 1. The molecule has 0 saturated heterocycles. The smallest absolute Gasteiger partial charge is 0.200 e. The lowest BCUT2D eigenvalue weighted by Gasteiger charge is -2.06. The van der Waals surface area contributed by atoms with E-state index < -0.39 is 0 Å². The van der Waals surface area contributed by atoms with Gasteiger partial charge in [-0.1, -0.05) is 26.0 Å². The van der Waals surface area contributed by atoms with Crippen LogP contribution in [0.1, 0.15) is 25.5 Å². The normalized spacial score (nSPS) is 11.0. The first-order chi connectivity index (χ1) is 7.59. The van der Waals surface area contributed by atoms with E-state index in [9.17, 15) is 5.11 Å². The average molecular weight is 237 g/mol. The highest BCUT2D eigenvalue weighted by Gasteiger charge is 2.16. The lowest BCUT2D eigenvalue weighted by Crippen LogP contribution is -1.91. The largest absolute Gasteiger partial charge is 0.507 e. The Bertz CT molecular complexity index is 505. The van der Waals surface area contributed by atoms with Crippen molar-refractivity contribution in [3.63, 3.8) is 0 Å². The molecule has 2 N–H and O–H groups in total. The van der Waals surface area contributed by atoms with Gasteiger partial charge in [0.1, 0.15) is 5.75 Å². The zero-order valence-corrected chi connectivity index (χ0v) is 9.92. The molecule has 0 amide bonds. The summed E-state index contributed by atoms with van der Waals surface area (Å²) in [6.07, 6.45) is 0. The third kappa shape index (κ3) is 1.91. The van der Waals surface area contributed by atoms with Crippen LogP contribution < -0.4 is 0 Å². The second-order valence-corrected chi connectivity index (χ2v) is 4.32. The van der Waals surface area contributed by atoms with Crippen LogP contribution in [-0.2, 0) is 0 Å². The lowest BCUT2D eigenvalue weighted by atomic mass is 10.0. The molecule has 0 aliphatic heterocycles. The summed E-state index contributed by atoms with van der Waals surface area (Å²) >= 11 is 5.86. The zero-order valence-electron chi connectivity index (χ0n) is 9.16. The van der Waals surface area contributed by atoms with Crippen molar-refractivity contribution in [2.24, 2.45) is 0 Å².